The van der Waals surface area contributed by atoms with Gasteiger partial charge < -0.3 is 4.90 Å². The van der Waals surface area contributed by atoms with E-state index in [1.54, 1.807) is 59.8 Å². The molecule has 4 aromatic rings. The van der Waals surface area contributed by atoms with Gasteiger partial charge in [-0.05, 0) is 96.3 Å². The summed E-state index contributed by atoms with van der Waals surface area (Å²) in [6, 6.07) is 23.3. The van der Waals surface area contributed by atoms with Gasteiger partial charge in [0.25, 0.3) is 15.9 Å². The van der Waals surface area contributed by atoms with Crippen LogP contribution in [0, 0.1) is 6.92 Å². The topological polar surface area (TPSA) is 79.4 Å². The van der Waals surface area contributed by atoms with Crippen LogP contribution in [0.3, 0.4) is 0 Å². The fraction of sp³-hybridized carbons (Fsp3) is 0.111. The number of carbonyl (C=O) groups excluding carboxylic acids is 1. The highest BCUT2D eigenvalue weighted by Crippen LogP contribution is 2.33. The maximum atomic E-state index is 13.2. The number of sulfonamides is 1. The van der Waals surface area contributed by atoms with E-state index >= 15 is 0 Å². The summed E-state index contributed by atoms with van der Waals surface area (Å²) in [6.07, 6.45) is 4.32. The first-order chi connectivity index (χ1) is 16.4. The third-order valence-electron chi connectivity index (χ3n) is 5.92. The molecule has 0 saturated heterocycles. The number of carbonyl (C=O) groups is 1. The van der Waals surface area contributed by atoms with E-state index in [1.807, 2.05) is 37.3 Å². The standard InChI is InChI=1S/C27H23N3O3S/c1-19-3-2-4-25(17-19)34(32,33)29-24-8-5-21(6-9-24)27(31)30-16-13-23-18-22(7-10-26(23)30)20-11-14-28-15-12-20/h2-12,14-15,17-18,29H,13,16H2,1H3. The first-order valence-corrected chi connectivity index (χ1v) is 12.4. The third kappa shape index (κ3) is 4.30. The second-order valence-corrected chi connectivity index (χ2v) is 9.97. The van der Waals surface area contributed by atoms with Crippen molar-refractivity contribution < 1.29 is 13.2 Å². The predicted molar refractivity (Wildman–Crippen MR) is 133 cm³/mol. The first kappa shape index (κ1) is 21.9. The van der Waals surface area contributed by atoms with Crippen molar-refractivity contribution in [1.29, 1.82) is 0 Å². The highest BCUT2D eigenvalue weighted by Gasteiger charge is 2.26. The van der Waals surface area contributed by atoms with Gasteiger partial charge in [-0.2, -0.15) is 0 Å². The highest BCUT2D eigenvalue weighted by molar-refractivity contribution is 7.92. The largest absolute Gasteiger partial charge is 0.308 e. The average molecular weight is 470 g/mol. The molecule has 1 aromatic heterocycles. The molecule has 1 N–H and O–H groups in total. The summed E-state index contributed by atoms with van der Waals surface area (Å²) in [6.45, 7) is 2.45. The second-order valence-electron chi connectivity index (χ2n) is 8.29. The molecule has 1 aliphatic rings. The fourth-order valence-corrected chi connectivity index (χ4v) is 5.33. The molecule has 0 radical (unpaired) electrons. The normalized spacial score (nSPS) is 12.9. The van der Waals surface area contributed by atoms with Crippen molar-refractivity contribution in [3.8, 4) is 11.1 Å². The van der Waals surface area contributed by atoms with Crippen LogP contribution in [0.4, 0.5) is 11.4 Å². The Morgan fingerprint density at radius 2 is 1.68 bits per heavy atom. The lowest BCUT2D eigenvalue weighted by molar-refractivity contribution is 0.0989. The van der Waals surface area contributed by atoms with Crippen LogP contribution in [0.25, 0.3) is 11.1 Å². The lowest BCUT2D eigenvalue weighted by Gasteiger charge is -2.18. The molecule has 6 nitrogen and oxygen atoms in total. The van der Waals surface area contributed by atoms with Crippen LogP contribution in [-0.2, 0) is 16.4 Å². The summed E-state index contributed by atoms with van der Waals surface area (Å²) in [5.41, 5.74) is 6.00. The fourth-order valence-electron chi connectivity index (χ4n) is 4.17. The summed E-state index contributed by atoms with van der Waals surface area (Å²) in [7, 11) is -3.70. The molecule has 0 unspecified atom stereocenters. The summed E-state index contributed by atoms with van der Waals surface area (Å²) in [5.74, 6) is -0.108. The van der Waals surface area contributed by atoms with Crippen molar-refractivity contribution in [2.24, 2.45) is 0 Å². The lowest BCUT2D eigenvalue weighted by Crippen LogP contribution is -2.28. The summed E-state index contributed by atoms with van der Waals surface area (Å²) < 4.78 is 27.9. The van der Waals surface area contributed by atoms with Crippen molar-refractivity contribution >= 4 is 27.3 Å². The Kier molecular flexibility index (Phi) is 5.63. The van der Waals surface area contributed by atoms with E-state index in [-0.39, 0.29) is 10.8 Å². The number of hydrogen-bond acceptors (Lipinski definition) is 4. The number of aryl methyl sites for hydroxylation is 1. The molecular weight excluding hydrogens is 446 g/mol. The van der Waals surface area contributed by atoms with E-state index < -0.39 is 10.0 Å². The van der Waals surface area contributed by atoms with Gasteiger partial charge in [0.05, 0.1) is 4.90 Å². The number of nitrogens with one attached hydrogen (secondary N) is 1. The first-order valence-electron chi connectivity index (χ1n) is 11.0. The molecule has 0 bridgehead atoms. The summed E-state index contributed by atoms with van der Waals surface area (Å²) in [4.78, 5) is 19.2. The minimum Gasteiger partial charge on any atom is -0.308 e. The Labute approximate surface area is 199 Å². The molecular formula is C27H23N3O3S. The lowest BCUT2D eigenvalue weighted by atomic mass is 10.0. The van der Waals surface area contributed by atoms with Crippen molar-refractivity contribution in [2.75, 3.05) is 16.2 Å². The number of pyridine rings is 1. The molecule has 3 aromatic carbocycles. The Morgan fingerprint density at radius 1 is 0.912 bits per heavy atom. The number of hydrogen-bond donors (Lipinski definition) is 1. The van der Waals surface area contributed by atoms with Gasteiger partial charge in [-0.25, -0.2) is 8.42 Å². The van der Waals surface area contributed by atoms with Gasteiger partial charge in [0.15, 0.2) is 0 Å². The zero-order chi connectivity index (χ0) is 23.7. The van der Waals surface area contributed by atoms with Gasteiger partial charge >= 0.3 is 0 Å². The number of rotatable bonds is 5. The number of anilines is 2. The highest BCUT2D eigenvalue weighted by atomic mass is 32.2. The predicted octanol–water partition coefficient (Wildman–Crippen LogP) is 5.06. The number of fused-ring (bicyclic) bond motifs is 1. The molecule has 2 heterocycles. The van der Waals surface area contributed by atoms with Crippen LogP contribution in [0.2, 0.25) is 0 Å². The van der Waals surface area contributed by atoms with Crippen molar-refractivity contribution in [3.63, 3.8) is 0 Å². The van der Waals surface area contributed by atoms with Gasteiger partial charge in [0, 0.05) is 35.9 Å². The number of nitrogens with zero attached hydrogens (tertiary/aromatic N) is 2. The molecule has 0 saturated carbocycles. The van der Waals surface area contributed by atoms with E-state index in [2.05, 4.69) is 15.8 Å². The molecule has 7 heteroatoms. The van der Waals surface area contributed by atoms with E-state index in [0.717, 1.165) is 34.4 Å². The quantitative estimate of drug-likeness (QED) is 0.443. The summed E-state index contributed by atoms with van der Waals surface area (Å²) in [5, 5.41) is 0. The van der Waals surface area contributed by atoms with Gasteiger partial charge in [-0.1, -0.05) is 18.2 Å². The Hall–Kier alpha value is -3.97. The molecule has 0 aliphatic carbocycles. The maximum absolute atomic E-state index is 13.2. The molecule has 5 rings (SSSR count). The molecule has 34 heavy (non-hydrogen) atoms. The van der Waals surface area contributed by atoms with Crippen LogP contribution in [0.15, 0.2) is 96.2 Å². The van der Waals surface area contributed by atoms with Crippen LogP contribution in [-0.4, -0.2) is 25.9 Å². The maximum Gasteiger partial charge on any atom is 0.261 e. The van der Waals surface area contributed by atoms with E-state index in [9.17, 15) is 13.2 Å². The molecule has 1 aliphatic heterocycles. The van der Waals surface area contributed by atoms with Crippen molar-refractivity contribution in [1.82, 2.24) is 4.98 Å². The monoisotopic (exact) mass is 469 g/mol. The van der Waals surface area contributed by atoms with Gasteiger partial charge in [0.1, 0.15) is 0 Å². The average Bonchev–Trinajstić information content (AvgIpc) is 3.28. The Balaban J connectivity index is 1.33. The minimum absolute atomic E-state index is 0.108. The molecule has 1 amide bonds. The second kappa shape index (κ2) is 8.76. The van der Waals surface area contributed by atoms with Crippen LogP contribution in [0.1, 0.15) is 21.5 Å². The van der Waals surface area contributed by atoms with Crippen molar-refractivity contribution in [3.05, 3.63) is 108 Å². The molecule has 0 spiro atoms. The molecule has 0 atom stereocenters. The van der Waals surface area contributed by atoms with Crippen LogP contribution >= 0.6 is 0 Å². The number of amides is 1. The van der Waals surface area contributed by atoms with Crippen molar-refractivity contribution in [2.45, 2.75) is 18.2 Å². The van der Waals surface area contributed by atoms with E-state index in [4.69, 9.17) is 0 Å². The van der Waals surface area contributed by atoms with Gasteiger partial charge in [0.2, 0.25) is 0 Å². The zero-order valence-electron chi connectivity index (χ0n) is 18.6. The number of aromatic nitrogens is 1. The number of benzene rings is 3. The Bertz CT molecular complexity index is 1470. The summed E-state index contributed by atoms with van der Waals surface area (Å²) >= 11 is 0. The molecule has 170 valence electrons. The smallest absolute Gasteiger partial charge is 0.261 e. The van der Waals surface area contributed by atoms with Gasteiger partial charge in [-0.15, -0.1) is 0 Å². The minimum atomic E-state index is -3.70. The molecule has 0 fully saturated rings. The third-order valence-corrected chi connectivity index (χ3v) is 7.30. The van der Waals surface area contributed by atoms with E-state index in [0.29, 0.717) is 17.8 Å². The van der Waals surface area contributed by atoms with E-state index in [1.165, 1.54) is 0 Å². The van der Waals surface area contributed by atoms with Crippen LogP contribution < -0.4 is 9.62 Å². The SMILES string of the molecule is Cc1cccc(S(=O)(=O)Nc2ccc(C(=O)N3CCc4cc(-c5ccncc5)ccc43)cc2)c1. The van der Waals surface area contributed by atoms with Gasteiger partial charge in [-0.3, -0.25) is 14.5 Å². The van der Waals surface area contributed by atoms with Crippen LogP contribution in [0.5, 0.6) is 0 Å². The Morgan fingerprint density at radius 3 is 2.41 bits per heavy atom. The zero-order valence-corrected chi connectivity index (χ0v) is 19.4.